The zero-order valence-electron chi connectivity index (χ0n) is 11.8. The molecule has 1 aliphatic rings. The molecule has 0 saturated carbocycles. The van der Waals surface area contributed by atoms with Crippen LogP contribution in [0, 0.1) is 12.8 Å². The number of ether oxygens (including phenoxy) is 1. The molecule has 1 aromatic rings. The second-order valence-electron chi connectivity index (χ2n) is 5.13. The largest absolute Gasteiger partial charge is 0.384 e. The second-order valence-corrected chi connectivity index (χ2v) is 8.70. The minimum atomic E-state index is -3.39. The maximum Gasteiger partial charge on any atom is 0.252 e. The molecule has 2 heterocycles. The van der Waals surface area contributed by atoms with E-state index in [9.17, 15) is 8.42 Å². The average Bonchev–Trinajstić information content (AvgIpc) is 2.81. The van der Waals surface area contributed by atoms with Crippen LogP contribution in [0.15, 0.2) is 10.3 Å². The van der Waals surface area contributed by atoms with Crippen LogP contribution < -0.4 is 0 Å². The van der Waals surface area contributed by atoms with Gasteiger partial charge in [0.05, 0.1) is 12.5 Å². The molecule has 1 aliphatic heterocycles. The van der Waals surface area contributed by atoms with Crippen molar-refractivity contribution < 1.29 is 13.2 Å². The number of hydrogen-bond donors (Lipinski definition) is 0. The van der Waals surface area contributed by atoms with E-state index < -0.39 is 10.0 Å². The maximum atomic E-state index is 12.7. The Bertz CT molecular complexity index is 554. The summed E-state index contributed by atoms with van der Waals surface area (Å²) in [6.07, 6.45) is 1.91. The van der Waals surface area contributed by atoms with Gasteiger partial charge in [0.15, 0.2) is 0 Å². The zero-order valence-corrected chi connectivity index (χ0v) is 14.2. The summed E-state index contributed by atoms with van der Waals surface area (Å²) in [5, 5.41) is 0. The van der Waals surface area contributed by atoms with Crippen molar-refractivity contribution in [3.63, 3.8) is 0 Å². The Kier molecular flexibility index (Phi) is 5.48. The van der Waals surface area contributed by atoms with E-state index >= 15 is 0 Å². The monoisotopic (exact) mass is 337 g/mol. The summed E-state index contributed by atoms with van der Waals surface area (Å²) in [6, 6.07) is 1.73. The zero-order chi connectivity index (χ0) is 14.8. The van der Waals surface area contributed by atoms with Crippen molar-refractivity contribution in [3.8, 4) is 0 Å². The van der Waals surface area contributed by atoms with E-state index in [0.717, 1.165) is 23.3 Å². The highest BCUT2D eigenvalue weighted by Gasteiger charge is 2.31. The molecule has 0 aliphatic carbocycles. The third-order valence-electron chi connectivity index (χ3n) is 3.60. The van der Waals surface area contributed by atoms with Gasteiger partial charge in [-0.3, -0.25) is 0 Å². The molecule has 114 valence electrons. The molecule has 0 aromatic carbocycles. The van der Waals surface area contributed by atoms with Crippen molar-refractivity contribution in [2.45, 2.75) is 29.9 Å². The number of nitrogens with zero attached hydrogens (tertiary/aromatic N) is 1. The van der Waals surface area contributed by atoms with E-state index in [2.05, 4.69) is 0 Å². The van der Waals surface area contributed by atoms with Gasteiger partial charge in [-0.25, -0.2) is 8.42 Å². The number of piperidine rings is 1. The van der Waals surface area contributed by atoms with Gasteiger partial charge < -0.3 is 4.74 Å². The summed E-state index contributed by atoms with van der Waals surface area (Å²) in [4.78, 5) is 0.927. The van der Waals surface area contributed by atoms with E-state index in [1.54, 1.807) is 17.5 Å². The minimum Gasteiger partial charge on any atom is -0.384 e. The molecule has 0 spiro atoms. The molecular formula is C13H20ClNO3S2. The van der Waals surface area contributed by atoms with Gasteiger partial charge in [-0.2, -0.15) is 4.31 Å². The van der Waals surface area contributed by atoms with Crippen LogP contribution in [0.2, 0.25) is 0 Å². The number of hydrogen-bond acceptors (Lipinski definition) is 4. The molecule has 20 heavy (non-hydrogen) atoms. The normalized spacial score (nSPS) is 21.2. The number of halogens is 1. The lowest BCUT2D eigenvalue weighted by molar-refractivity contribution is 0.118. The first-order valence-electron chi connectivity index (χ1n) is 6.63. The first-order chi connectivity index (χ1) is 9.48. The fourth-order valence-corrected chi connectivity index (χ4v) is 6.02. The molecular weight excluding hydrogens is 318 g/mol. The molecule has 0 amide bonds. The highest BCUT2D eigenvalue weighted by Crippen LogP contribution is 2.31. The molecule has 1 atom stereocenters. The van der Waals surface area contributed by atoms with Crippen LogP contribution in [0.4, 0.5) is 0 Å². The third kappa shape index (κ3) is 3.36. The summed E-state index contributed by atoms with van der Waals surface area (Å²) in [7, 11) is -1.73. The number of thiophene rings is 1. The van der Waals surface area contributed by atoms with Gasteiger partial charge in [-0.1, -0.05) is 0 Å². The first-order valence-corrected chi connectivity index (χ1v) is 9.42. The molecule has 2 rings (SSSR count). The van der Waals surface area contributed by atoms with E-state index in [-0.39, 0.29) is 5.92 Å². The fourth-order valence-electron chi connectivity index (χ4n) is 2.49. The van der Waals surface area contributed by atoms with E-state index in [1.807, 2.05) is 6.92 Å². The summed E-state index contributed by atoms with van der Waals surface area (Å²) in [5.41, 5.74) is 0.953. The molecule has 7 heteroatoms. The predicted molar refractivity (Wildman–Crippen MR) is 82.0 cm³/mol. The summed E-state index contributed by atoms with van der Waals surface area (Å²) in [5.74, 6) is 0.648. The lowest BCUT2D eigenvalue weighted by atomic mass is 10.0. The van der Waals surface area contributed by atoms with Crippen molar-refractivity contribution in [3.05, 3.63) is 16.5 Å². The Labute approximate surface area is 129 Å². The number of alkyl halides is 1. The van der Waals surface area contributed by atoms with Gasteiger partial charge in [0, 0.05) is 25.1 Å². The standard InChI is InChI=1S/C13H20ClNO3S2/c1-10-6-13(19-12(10)7-14)20(16,17)15-5-3-4-11(8-15)9-18-2/h6,11H,3-5,7-9H2,1-2H3. The minimum absolute atomic E-state index is 0.289. The molecule has 0 bridgehead atoms. The quantitative estimate of drug-likeness (QED) is 0.776. The molecule has 0 radical (unpaired) electrons. The van der Waals surface area contributed by atoms with E-state index in [0.29, 0.717) is 29.8 Å². The van der Waals surface area contributed by atoms with E-state index in [1.165, 1.54) is 11.3 Å². The summed E-state index contributed by atoms with van der Waals surface area (Å²) >= 11 is 7.11. The van der Waals surface area contributed by atoms with E-state index in [4.69, 9.17) is 16.3 Å². The highest BCUT2D eigenvalue weighted by atomic mass is 35.5. The summed E-state index contributed by atoms with van der Waals surface area (Å²) in [6.45, 7) is 3.65. The van der Waals surface area contributed by atoms with Crippen LogP contribution in [0.1, 0.15) is 23.3 Å². The lowest BCUT2D eigenvalue weighted by Gasteiger charge is -2.31. The van der Waals surface area contributed by atoms with Crippen LogP contribution in [0.3, 0.4) is 0 Å². The Morgan fingerprint density at radius 2 is 2.30 bits per heavy atom. The molecule has 1 unspecified atom stereocenters. The molecule has 4 nitrogen and oxygen atoms in total. The van der Waals surface area contributed by atoms with Crippen molar-refractivity contribution in [2.75, 3.05) is 26.8 Å². The molecule has 0 N–H and O–H groups in total. The Hall–Kier alpha value is -0.140. The van der Waals surface area contributed by atoms with Crippen molar-refractivity contribution in [2.24, 2.45) is 5.92 Å². The van der Waals surface area contributed by atoms with Crippen LogP contribution in [-0.2, 0) is 20.6 Å². The fraction of sp³-hybridized carbons (Fsp3) is 0.692. The number of sulfonamides is 1. The van der Waals surface area contributed by atoms with Gasteiger partial charge in [0.1, 0.15) is 4.21 Å². The number of aryl methyl sites for hydroxylation is 1. The van der Waals surface area contributed by atoms with Crippen molar-refractivity contribution in [1.82, 2.24) is 4.31 Å². The molecule has 1 fully saturated rings. The van der Waals surface area contributed by atoms with Crippen LogP contribution in [0.25, 0.3) is 0 Å². The first kappa shape index (κ1) is 16.2. The Morgan fingerprint density at radius 1 is 1.55 bits per heavy atom. The third-order valence-corrected chi connectivity index (χ3v) is 7.57. The van der Waals surface area contributed by atoms with Gasteiger partial charge in [0.2, 0.25) is 0 Å². The van der Waals surface area contributed by atoms with Gasteiger partial charge in [0.25, 0.3) is 10.0 Å². The molecule has 1 saturated heterocycles. The SMILES string of the molecule is COCC1CCCN(S(=O)(=O)c2cc(C)c(CCl)s2)C1. The van der Waals surface area contributed by atoms with Crippen LogP contribution in [-0.4, -0.2) is 39.5 Å². The maximum absolute atomic E-state index is 12.7. The van der Waals surface area contributed by atoms with Gasteiger partial charge >= 0.3 is 0 Å². The smallest absolute Gasteiger partial charge is 0.252 e. The number of rotatable bonds is 5. The predicted octanol–water partition coefficient (Wildman–Crippen LogP) is 2.84. The van der Waals surface area contributed by atoms with Crippen molar-refractivity contribution >= 4 is 33.0 Å². The van der Waals surface area contributed by atoms with Crippen LogP contribution in [0.5, 0.6) is 0 Å². The van der Waals surface area contributed by atoms with Gasteiger partial charge in [-0.05, 0) is 37.3 Å². The Balaban J connectivity index is 2.20. The number of methoxy groups -OCH3 is 1. The average molecular weight is 338 g/mol. The second kappa shape index (κ2) is 6.75. The lowest BCUT2D eigenvalue weighted by Crippen LogP contribution is -2.40. The van der Waals surface area contributed by atoms with Crippen molar-refractivity contribution in [1.29, 1.82) is 0 Å². The van der Waals surface area contributed by atoms with Crippen LogP contribution >= 0.6 is 22.9 Å². The molecule has 1 aromatic heterocycles. The summed E-state index contributed by atoms with van der Waals surface area (Å²) < 4.78 is 32.5. The highest BCUT2D eigenvalue weighted by molar-refractivity contribution is 7.91. The Morgan fingerprint density at radius 3 is 2.90 bits per heavy atom. The topological polar surface area (TPSA) is 46.6 Å². The van der Waals surface area contributed by atoms with Gasteiger partial charge in [-0.15, -0.1) is 22.9 Å².